The van der Waals surface area contributed by atoms with E-state index in [1.807, 2.05) is 37.2 Å². The van der Waals surface area contributed by atoms with E-state index in [9.17, 15) is 14.7 Å². The quantitative estimate of drug-likeness (QED) is 0.231. The Morgan fingerprint density at radius 2 is 1.76 bits per heavy atom. The number of aliphatic hydroxyl groups excluding tert-OH is 1. The molecule has 2 aromatic rings. The summed E-state index contributed by atoms with van der Waals surface area (Å²) >= 11 is 0. The summed E-state index contributed by atoms with van der Waals surface area (Å²) in [6.45, 7) is 3.68. The van der Waals surface area contributed by atoms with Gasteiger partial charge in [0.25, 0.3) is 11.7 Å². The second-order valence-electron chi connectivity index (χ2n) is 8.62. The zero-order valence-electron chi connectivity index (χ0n) is 20.4. The van der Waals surface area contributed by atoms with E-state index in [-0.39, 0.29) is 11.3 Å². The van der Waals surface area contributed by atoms with Crippen LogP contribution in [0.4, 0.5) is 0 Å². The molecule has 0 radical (unpaired) electrons. The largest absolute Gasteiger partial charge is 0.507 e. The number of ether oxygens (including phenoxy) is 2. The third-order valence-corrected chi connectivity index (χ3v) is 5.91. The molecule has 3 rings (SSSR count). The molecule has 1 aliphatic rings. The van der Waals surface area contributed by atoms with Crippen LogP contribution in [0.1, 0.15) is 43.4 Å². The van der Waals surface area contributed by atoms with Crippen molar-refractivity contribution in [2.24, 2.45) is 0 Å². The van der Waals surface area contributed by atoms with Crippen LogP contribution in [0.15, 0.2) is 54.1 Å². The second-order valence-corrected chi connectivity index (χ2v) is 8.62. The van der Waals surface area contributed by atoms with Gasteiger partial charge in [-0.2, -0.15) is 0 Å². The number of likely N-dealkylation sites (N-methyl/N-ethyl adjacent to an activating group) is 1. The van der Waals surface area contributed by atoms with E-state index in [2.05, 4.69) is 6.92 Å². The number of benzene rings is 2. The van der Waals surface area contributed by atoms with E-state index < -0.39 is 17.7 Å². The zero-order valence-corrected chi connectivity index (χ0v) is 20.4. The van der Waals surface area contributed by atoms with Crippen LogP contribution >= 0.6 is 0 Å². The van der Waals surface area contributed by atoms with Crippen molar-refractivity contribution in [3.63, 3.8) is 0 Å². The Labute approximate surface area is 201 Å². The molecule has 0 bridgehead atoms. The Kier molecular flexibility index (Phi) is 8.71. The van der Waals surface area contributed by atoms with Gasteiger partial charge < -0.3 is 24.4 Å². The van der Waals surface area contributed by atoms with Crippen molar-refractivity contribution in [3.8, 4) is 11.5 Å². The predicted molar refractivity (Wildman–Crippen MR) is 132 cm³/mol. The molecule has 1 N–H and O–H groups in total. The number of likely N-dealkylation sites (tertiary alicyclic amines) is 1. The number of Topliss-reactive ketones (excluding diaryl/α,β-unsaturated/α-hetero) is 1. The van der Waals surface area contributed by atoms with Crippen LogP contribution in [-0.2, 0) is 9.59 Å². The second kappa shape index (κ2) is 11.7. The number of carbonyl (C=O) groups excluding carboxylic acids is 2. The molecule has 1 saturated heterocycles. The summed E-state index contributed by atoms with van der Waals surface area (Å²) in [7, 11) is 5.35. The highest BCUT2D eigenvalue weighted by Gasteiger charge is 2.46. The van der Waals surface area contributed by atoms with Crippen molar-refractivity contribution in [1.29, 1.82) is 0 Å². The molecule has 1 amide bonds. The van der Waals surface area contributed by atoms with E-state index in [4.69, 9.17) is 9.47 Å². The van der Waals surface area contributed by atoms with Crippen LogP contribution in [-0.4, -0.2) is 67.5 Å². The van der Waals surface area contributed by atoms with Crippen LogP contribution in [0.5, 0.6) is 11.5 Å². The van der Waals surface area contributed by atoms with Crippen molar-refractivity contribution in [2.45, 2.75) is 32.2 Å². The number of unbranched alkanes of at least 4 members (excludes halogenated alkanes) is 2. The first-order valence-corrected chi connectivity index (χ1v) is 11.7. The molecule has 182 valence electrons. The number of hydrogen-bond acceptors (Lipinski definition) is 6. The van der Waals surface area contributed by atoms with E-state index in [1.165, 1.54) is 4.90 Å². The van der Waals surface area contributed by atoms with Crippen molar-refractivity contribution in [3.05, 3.63) is 65.2 Å². The van der Waals surface area contributed by atoms with Gasteiger partial charge in [0.1, 0.15) is 17.3 Å². The Morgan fingerprint density at radius 1 is 1.06 bits per heavy atom. The van der Waals surface area contributed by atoms with Crippen LogP contribution in [0.3, 0.4) is 0 Å². The summed E-state index contributed by atoms with van der Waals surface area (Å²) < 4.78 is 11.3. The first-order valence-electron chi connectivity index (χ1n) is 11.7. The van der Waals surface area contributed by atoms with Gasteiger partial charge in [-0.25, -0.2) is 0 Å². The molecule has 0 spiro atoms. The number of methoxy groups -OCH3 is 1. The maximum Gasteiger partial charge on any atom is 0.295 e. The van der Waals surface area contributed by atoms with Gasteiger partial charge in [0.05, 0.1) is 25.3 Å². The molecule has 1 atom stereocenters. The van der Waals surface area contributed by atoms with E-state index >= 15 is 0 Å². The number of carbonyl (C=O) groups is 2. The highest BCUT2D eigenvalue weighted by molar-refractivity contribution is 6.46. The summed E-state index contributed by atoms with van der Waals surface area (Å²) in [6, 6.07) is 13.4. The smallest absolute Gasteiger partial charge is 0.295 e. The number of aliphatic hydroxyl groups is 1. The van der Waals surface area contributed by atoms with E-state index in [1.54, 1.807) is 37.4 Å². The summed E-state index contributed by atoms with van der Waals surface area (Å²) in [5.74, 6) is -0.298. The number of amides is 1. The first-order chi connectivity index (χ1) is 16.4. The lowest BCUT2D eigenvalue weighted by Crippen LogP contribution is -2.35. The fourth-order valence-electron chi connectivity index (χ4n) is 4.04. The maximum atomic E-state index is 13.1. The van der Waals surface area contributed by atoms with Crippen molar-refractivity contribution >= 4 is 17.4 Å². The molecule has 7 nitrogen and oxygen atoms in total. The Hall–Kier alpha value is -3.32. The van der Waals surface area contributed by atoms with Crippen LogP contribution in [0.2, 0.25) is 0 Å². The van der Waals surface area contributed by atoms with Crippen molar-refractivity contribution in [1.82, 2.24) is 9.80 Å². The third-order valence-electron chi connectivity index (χ3n) is 5.91. The lowest BCUT2D eigenvalue weighted by atomic mass is 9.94. The summed E-state index contributed by atoms with van der Waals surface area (Å²) in [6.07, 6.45) is 3.21. The zero-order chi connectivity index (χ0) is 24.7. The fourth-order valence-corrected chi connectivity index (χ4v) is 4.04. The third kappa shape index (κ3) is 5.59. The number of nitrogens with zero attached hydrogens (tertiary/aromatic N) is 2. The minimum Gasteiger partial charge on any atom is -0.507 e. The topological polar surface area (TPSA) is 79.3 Å². The molecular formula is C27H34N2O5. The lowest BCUT2D eigenvalue weighted by Gasteiger charge is -2.27. The fraction of sp³-hybridized carbons (Fsp3) is 0.407. The average molecular weight is 467 g/mol. The molecular weight excluding hydrogens is 432 g/mol. The van der Waals surface area contributed by atoms with Gasteiger partial charge in [0.15, 0.2) is 0 Å². The molecule has 0 saturated carbocycles. The van der Waals surface area contributed by atoms with Gasteiger partial charge in [-0.05, 0) is 50.8 Å². The summed E-state index contributed by atoms with van der Waals surface area (Å²) in [4.78, 5) is 29.6. The molecule has 34 heavy (non-hydrogen) atoms. The molecule has 1 unspecified atom stereocenters. The van der Waals surface area contributed by atoms with Gasteiger partial charge >= 0.3 is 0 Å². The number of hydrogen-bond donors (Lipinski definition) is 1. The number of ketones is 1. The van der Waals surface area contributed by atoms with Gasteiger partial charge in [-0.3, -0.25) is 9.59 Å². The summed E-state index contributed by atoms with van der Waals surface area (Å²) in [5.41, 5.74) is 1.16. The molecule has 0 aliphatic carbocycles. The van der Waals surface area contributed by atoms with Crippen LogP contribution in [0.25, 0.3) is 5.76 Å². The maximum absolute atomic E-state index is 13.1. The number of rotatable bonds is 11. The minimum absolute atomic E-state index is 0.0601. The van der Waals surface area contributed by atoms with Gasteiger partial charge in [-0.1, -0.05) is 38.0 Å². The molecule has 1 fully saturated rings. The summed E-state index contributed by atoms with van der Waals surface area (Å²) in [5, 5.41) is 11.2. The first kappa shape index (κ1) is 25.3. The van der Waals surface area contributed by atoms with Crippen LogP contribution < -0.4 is 9.47 Å². The SMILES string of the molecule is CCCCCOc1ccc(/C(O)=C2/C(=O)C(=O)N(CCN(C)C)C2c2ccccc2OC)cc1. The minimum atomic E-state index is -0.749. The standard InChI is InChI=1S/C27H34N2O5/c1-5-6-9-18-34-20-14-12-19(13-15-20)25(30)23-24(21-10-7-8-11-22(21)33-4)29(17-16-28(2)3)27(32)26(23)31/h7-8,10-15,24,30H,5-6,9,16-18H2,1-4H3/b25-23-. The molecule has 1 heterocycles. The van der Waals surface area contributed by atoms with E-state index in [0.29, 0.717) is 42.3 Å². The highest BCUT2D eigenvalue weighted by atomic mass is 16.5. The average Bonchev–Trinajstić information content (AvgIpc) is 3.10. The predicted octanol–water partition coefficient (Wildman–Crippen LogP) is 4.25. The van der Waals surface area contributed by atoms with Gasteiger partial charge in [-0.15, -0.1) is 0 Å². The Morgan fingerprint density at radius 3 is 2.41 bits per heavy atom. The molecule has 7 heteroatoms. The van der Waals surface area contributed by atoms with Gasteiger partial charge in [0.2, 0.25) is 0 Å². The normalized spacial score (nSPS) is 17.4. The van der Waals surface area contributed by atoms with Gasteiger partial charge in [0, 0.05) is 24.2 Å². The molecule has 1 aliphatic heterocycles. The monoisotopic (exact) mass is 466 g/mol. The molecule has 2 aromatic carbocycles. The van der Waals surface area contributed by atoms with Crippen molar-refractivity contribution in [2.75, 3.05) is 40.9 Å². The Balaban J connectivity index is 2.00. The van der Waals surface area contributed by atoms with Crippen LogP contribution in [0, 0.1) is 0 Å². The number of para-hydroxylation sites is 1. The Bertz CT molecular complexity index is 1030. The van der Waals surface area contributed by atoms with E-state index in [0.717, 1.165) is 19.3 Å². The highest BCUT2D eigenvalue weighted by Crippen LogP contribution is 2.42. The lowest BCUT2D eigenvalue weighted by molar-refractivity contribution is -0.140. The molecule has 0 aromatic heterocycles. The van der Waals surface area contributed by atoms with Crippen molar-refractivity contribution < 1.29 is 24.2 Å².